The number of aliphatic carboxylic acids is 2. The Hall–Kier alpha value is -2.26. The molecule has 0 radical (unpaired) electrons. The van der Waals surface area contributed by atoms with Gasteiger partial charge in [-0.2, -0.15) is 0 Å². The summed E-state index contributed by atoms with van der Waals surface area (Å²) in [6, 6.07) is 4.27. The first-order valence-electron chi connectivity index (χ1n) is 8.03. The molecular weight excluding hydrogens is 346 g/mol. The van der Waals surface area contributed by atoms with Crippen LogP contribution in [0.25, 0.3) is 10.8 Å². The lowest BCUT2D eigenvalue weighted by atomic mass is 10.2. The number of aromatic nitrogens is 2. The van der Waals surface area contributed by atoms with Gasteiger partial charge in [0.15, 0.2) is 0 Å². The Balaban J connectivity index is 0.000000326. The molecule has 8 nitrogen and oxygen atoms in total. The average Bonchev–Trinajstić information content (AvgIpc) is 3.11. The Morgan fingerprint density at radius 3 is 2.28 bits per heavy atom. The summed E-state index contributed by atoms with van der Waals surface area (Å²) in [6.07, 6.45) is 5.43. The Morgan fingerprint density at radius 1 is 1.12 bits per heavy atom. The van der Waals surface area contributed by atoms with Crippen molar-refractivity contribution >= 4 is 23.3 Å². The molecule has 2 aromatic heterocycles. The minimum atomic E-state index is -1.82. The van der Waals surface area contributed by atoms with Gasteiger partial charge in [-0.3, -0.25) is 4.90 Å². The van der Waals surface area contributed by atoms with E-state index < -0.39 is 11.9 Å². The first-order chi connectivity index (χ1) is 12.0. The third-order valence-electron chi connectivity index (χ3n) is 3.66. The third kappa shape index (κ3) is 6.28. The minimum Gasteiger partial charge on any atom is -0.473 e. The zero-order chi connectivity index (χ0) is 18.2. The van der Waals surface area contributed by atoms with Crippen molar-refractivity contribution in [1.82, 2.24) is 15.1 Å². The molecule has 0 atom stereocenters. The van der Waals surface area contributed by atoms with Crippen LogP contribution in [0, 0.1) is 6.92 Å². The highest BCUT2D eigenvalue weighted by molar-refractivity contribution is 7.15. The molecule has 2 N–H and O–H groups in total. The van der Waals surface area contributed by atoms with Crippen LogP contribution in [0.4, 0.5) is 0 Å². The smallest absolute Gasteiger partial charge is 0.414 e. The van der Waals surface area contributed by atoms with Crippen molar-refractivity contribution in [2.45, 2.75) is 39.2 Å². The third-order valence-corrected chi connectivity index (χ3v) is 4.72. The van der Waals surface area contributed by atoms with Crippen molar-refractivity contribution in [2.24, 2.45) is 0 Å². The molecule has 2 aromatic rings. The van der Waals surface area contributed by atoms with Gasteiger partial charge in [0, 0.05) is 18.3 Å². The Bertz CT molecular complexity index is 692. The van der Waals surface area contributed by atoms with E-state index in [0.717, 1.165) is 11.4 Å². The first kappa shape index (κ1) is 19.1. The van der Waals surface area contributed by atoms with E-state index in [9.17, 15) is 0 Å². The molecule has 1 fully saturated rings. The number of carbonyl (C=O) groups is 2. The molecule has 3 heterocycles. The molecule has 136 valence electrons. The topological polar surface area (TPSA) is 117 Å². The van der Waals surface area contributed by atoms with E-state index in [-0.39, 0.29) is 0 Å². The lowest BCUT2D eigenvalue weighted by Gasteiger charge is -2.18. The summed E-state index contributed by atoms with van der Waals surface area (Å²) in [6.45, 7) is 5.33. The largest absolute Gasteiger partial charge is 0.473 e. The second kappa shape index (κ2) is 9.28. The first-order valence-corrected chi connectivity index (χ1v) is 8.85. The van der Waals surface area contributed by atoms with E-state index in [0.29, 0.717) is 11.8 Å². The second-order valence-electron chi connectivity index (χ2n) is 5.69. The average molecular weight is 367 g/mol. The van der Waals surface area contributed by atoms with Gasteiger partial charge in [-0.05, 0) is 38.1 Å². The van der Waals surface area contributed by atoms with Crippen LogP contribution in [0.5, 0.6) is 0 Å². The van der Waals surface area contributed by atoms with Gasteiger partial charge in [-0.15, -0.1) is 21.5 Å². The lowest BCUT2D eigenvalue weighted by molar-refractivity contribution is -0.159. The van der Waals surface area contributed by atoms with E-state index in [1.54, 1.807) is 11.3 Å². The normalized spacial score (nSPS) is 15.1. The maximum absolute atomic E-state index is 9.10. The van der Waals surface area contributed by atoms with Crippen molar-refractivity contribution < 1.29 is 24.2 Å². The molecule has 0 aromatic carbocycles. The number of carboxylic acids is 2. The quantitative estimate of drug-likeness (QED) is 0.795. The van der Waals surface area contributed by atoms with Crippen molar-refractivity contribution in [1.29, 1.82) is 0 Å². The maximum atomic E-state index is 9.10. The van der Waals surface area contributed by atoms with E-state index in [2.05, 4.69) is 27.2 Å². The summed E-state index contributed by atoms with van der Waals surface area (Å²) >= 11 is 1.76. The summed E-state index contributed by atoms with van der Waals surface area (Å²) in [4.78, 5) is 23.2. The van der Waals surface area contributed by atoms with Crippen LogP contribution in [0.2, 0.25) is 0 Å². The lowest BCUT2D eigenvalue weighted by Crippen LogP contribution is -2.23. The molecule has 0 unspecified atom stereocenters. The summed E-state index contributed by atoms with van der Waals surface area (Å²) in [5.74, 6) is -2.38. The molecule has 0 saturated carbocycles. The van der Waals surface area contributed by atoms with Gasteiger partial charge in [-0.25, -0.2) is 9.59 Å². The molecule has 25 heavy (non-hydrogen) atoms. The molecule has 9 heteroatoms. The fourth-order valence-corrected chi connectivity index (χ4v) is 3.46. The number of carboxylic acid groups (broad SMARTS) is 2. The summed E-state index contributed by atoms with van der Waals surface area (Å²) in [7, 11) is 0. The van der Waals surface area contributed by atoms with E-state index >= 15 is 0 Å². The number of nitrogens with zero attached hydrogens (tertiary/aromatic N) is 3. The Labute approximate surface area is 149 Å². The zero-order valence-electron chi connectivity index (χ0n) is 14.0. The van der Waals surface area contributed by atoms with Crippen LogP contribution >= 0.6 is 11.3 Å². The van der Waals surface area contributed by atoms with E-state index in [1.807, 2.05) is 6.92 Å². The molecule has 0 aliphatic carbocycles. The van der Waals surface area contributed by atoms with Crippen LogP contribution in [-0.4, -0.2) is 50.3 Å². The maximum Gasteiger partial charge on any atom is 0.414 e. The molecule has 1 aliphatic heterocycles. The van der Waals surface area contributed by atoms with Gasteiger partial charge in [0.2, 0.25) is 5.89 Å². The fraction of sp³-hybridized carbons (Fsp3) is 0.500. The monoisotopic (exact) mass is 367 g/mol. The highest BCUT2D eigenvalue weighted by Gasteiger charge is 2.13. The van der Waals surface area contributed by atoms with Gasteiger partial charge in [0.05, 0.1) is 4.88 Å². The van der Waals surface area contributed by atoms with E-state index in [4.69, 9.17) is 24.2 Å². The molecule has 1 aliphatic rings. The number of hydrogen-bond donors (Lipinski definition) is 2. The van der Waals surface area contributed by atoms with Gasteiger partial charge >= 0.3 is 11.9 Å². The van der Waals surface area contributed by atoms with Crippen LogP contribution < -0.4 is 0 Å². The number of rotatable bonds is 3. The van der Waals surface area contributed by atoms with E-state index in [1.165, 1.54) is 43.6 Å². The van der Waals surface area contributed by atoms with Gasteiger partial charge in [0.25, 0.3) is 5.89 Å². The van der Waals surface area contributed by atoms with Crippen molar-refractivity contribution in [3.8, 4) is 10.8 Å². The highest BCUT2D eigenvalue weighted by Crippen LogP contribution is 2.28. The minimum absolute atomic E-state index is 0.623. The van der Waals surface area contributed by atoms with Crippen molar-refractivity contribution in [3.05, 3.63) is 22.9 Å². The van der Waals surface area contributed by atoms with Gasteiger partial charge in [0.1, 0.15) is 0 Å². The summed E-state index contributed by atoms with van der Waals surface area (Å²) in [5, 5.41) is 22.7. The Morgan fingerprint density at radius 2 is 1.76 bits per heavy atom. The van der Waals surface area contributed by atoms with Crippen LogP contribution in [-0.2, 0) is 16.1 Å². The zero-order valence-corrected chi connectivity index (χ0v) is 14.8. The van der Waals surface area contributed by atoms with Gasteiger partial charge < -0.3 is 14.6 Å². The summed E-state index contributed by atoms with van der Waals surface area (Å²) < 4.78 is 5.47. The van der Waals surface area contributed by atoms with Crippen molar-refractivity contribution in [2.75, 3.05) is 13.1 Å². The predicted molar refractivity (Wildman–Crippen MR) is 91.4 cm³/mol. The fourth-order valence-electron chi connectivity index (χ4n) is 2.49. The molecule has 1 saturated heterocycles. The van der Waals surface area contributed by atoms with Crippen molar-refractivity contribution in [3.63, 3.8) is 0 Å². The molecule has 0 amide bonds. The highest BCUT2D eigenvalue weighted by atomic mass is 32.1. The standard InChI is InChI=1S/C14H19N3OS.C2H2O4/c1-11-15-16-14(18-11)13-7-6-12(19-13)10-17-8-4-2-3-5-9-17;3-1(4)2(5)6/h6-7H,2-5,8-10H2,1H3;(H,3,4)(H,5,6). The number of thiophene rings is 1. The van der Waals surface area contributed by atoms with Crippen LogP contribution in [0.15, 0.2) is 16.5 Å². The molecular formula is C16H21N3O5S. The van der Waals surface area contributed by atoms with Crippen LogP contribution in [0.1, 0.15) is 36.5 Å². The second-order valence-corrected chi connectivity index (χ2v) is 6.86. The SMILES string of the molecule is Cc1nnc(-c2ccc(CN3CCCCCC3)s2)o1.O=C(O)C(=O)O. The predicted octanol–water partition coefficient (Wildman–Crippen LogP) is 2.64. The molecule has 3 rings (SSSR count). The summed E-state index contributed by atoms with van der Waals surface area (Å²) in [5.41, 5.74) is 0. The Kier molecular flexibility index (Phi) is 7.08. The number of aryl methyl sites for hydroxylation is 1. The molecule has 0 spiro atoms. The van der Waals surface area contributed by atoms with Crippen LogP contribution in [0.3, 0.4) is 0 Å². The van der Waals surface area contributed by atoms with Gasteiger partial charge in [-0.1, -0.05) is 12.8 Å². The number of hydrogen-bond acceptors (Lipinski definition) is 7. The molecule has 0 bridgehead atoms. The number of likely N-dealkylation sites (tertiary alicyclic amines) is 1.